The van der Waals surface area contributed by atoms with Gasteiger partial charge in [-0.25, -0.2) is 14.8 Å². The van der Waals surface area contributed by atoms with Crippen molar-refractivity contribution < 1.29 is 4.79 Å². The Kier molecular flexibility index (Phi) is 6.38. The molecule has 2 N–H and O–H groups in total. The number of hydrogen-bond donors (Lipinski definition) is 2. The van der Waals surface area contributed by atoms with E-state index in [-0.39, 0.29) is 12.1 Å². The molecule has 6 rings (SSSR count). The summed E-state index contributed by atoms with van der Waals surface area (Å²) < 4.78 is 0. The molecule has 4 heterocycles. The molecule has 36 heavy (non-hydrogen) atoms. The van der Waals surface area contributed by atoms with Crippen molar-refractivity contribution in [3.8, 4) is 0 Å². The van der Waals surface area contributed by atoms with Crippen LogP contribution in [0.3, 0.4) is 0 Å². The first-order chi connectivity index (χ1) is 17.7. The number of urea groups is 1. The molecule has 186 valence electrons. The van der Waals surface area contributed by atoms with E-state index in [9.17, 15) is 4.79 Å². The summed E-state index contributed by atoms with van der Waals surface area (Å²) in [5.74, 6) is 1.88. The van der Waals surface area contributed by atoms with Crippen LogP contribution in [0.5, 0.6) is 0 Å². The minimum absolute atomic E-state index is 0.0291. The predicted octanol–water partition coefficient (Wildman–Crippen LogP) is 3.91. The first-order valence-electron chi connectivity index (χ1n) is 12.9. The number of aromatic nitrogens is 3. The van der Waals surface area contributed by atoms with Gasteiger partial charge in [0.15, 0.2) is 0 Å². The fourth-order valence-corrected chi connectivity index (χ4v) is 5.40. The molecule has 0 bridgehead atoms. The Morgan fingerprint density at radius 1 is 0.972 bits per heavy atom. The van der Waals surface area contributed by atoms with Crippen molar-refractivity contribution in [2.45, 2.75) is 44.8 Å². The van der Waals surface area contributed by atoms with Crippen LogP contribution in [-0.4, -0.2) is 58.1 Å². The highest BCUT2D eigenvalue weighted by Crippen LogP contribution is 2.35. The second kappa shape index (κ2) is 10.1. The van der Waals surface area contributed by atoms with Crippen molar-refractivity contribution in [1.82, 2.24) is 25.2 Å². The van der Waals surface area contributed by atoms with E-state index in [0.717, 1.165) is 74.5 Å². The normalized spacial score (nSPS) is 18.4. The molecular weight excluding hydrogens is 452 g/mol. The summed E-state index contributed by atoms with van der Waals surface area (Å²) in [6.07, 6.45) is 8.04. The van der Waals surface area contributed by atoms with Crippen molar-refractivity contribution in [2.75, 3.05) is 41.3 Å². The Labute approximate surface area is 211 Å². The van der Waals surface area contributed by atoms with E-state index < -0.39 is 0 Å². The Morgan fingerprint density at radius 2 is 1.78 bits per heavy atom. The third kappa shape index (κ3) is 4.70. The number of nitrogens with zero attached hydrogens (tertiary/aromatic N) is 6. The number of carbonyl (C=O) groups excluding carboxylic acids is 1. The quantitative estimate of drug-likeness (QED) is 0.548. The number of amides is 2. The Morgan fingerprint density at radius 3 is 2.53 bits per heavy atom. The number of benzene rings is 1. The summed E-state index contributed by atoms with van der Waals surface area (Å²) in [7, 11) is 0. The number of hydrogen-bond acceptors (Lipinski definition) is 7. The molecule has 1 aliphatic carbocycles. The fraction of sp³-hybridized carbons (Fsp3) is 0.407. The molecule has 1 saturated heterocycles. The number of rotatable bonds is 6. The molecule has 1 aromatic carbocycles. The van der Waals surface area contributed by atoms with Gasteiger partial charge in [-0.05, 0) is 30.5 Å². The minimum Gasteiger partial charge on any atom is -0.368 e. The van der Waals surface area contributed by atoms with Crippen molar-refractivity contribution in [1.29, 1.82) is 0 Å². The maximum absolute atomic E-state index is 13.7. The zero-order valence-corrected chi connectivity index (χ0v) is 20.4. The molecule has 2 aliphatic heterocycles. The summed E-state index contributed by atoms with van der Waals surface area (Å²) in [6.45, 7) is 5.02. The zero-order chi connectivity index (χ0) is 24.3. The standard InChI is InChI=1S/C27H32N8O/c36-27-34(18-20-6-2-1-3-7-20)19-21-16-30-26(32-25(21)35(27)22-8-4-5-9-22)31-24-11-10-23(17-29-24)33-14-12-28-13-15-33/h1-3,6-7,10-11,16-17,22,28H,4-5,8-9,12-15,18-19H2,(H,29,30,31,32). The first-order valence-corrected chi connectivity index (χ1v) is 12.9. The summed E-state index contributed by atoms with van der Waals surface area (Å²) >= 11 is 0. The van der Waals surface area contributed by atoms with Gasteiger partial charge >= 0.3 is 6.03 Å². The summed E-state index contributed by atoms with van der Waals surface area (Å²) in [5.41, 5.74) is 3.21. The lowest BCUT2D eigenvalue weighted by atomic mass is 10.1. The maximum atomic E-state index is 13.7. The molecule has 3 aromatic rings. The Balaban J connectivity index is 1.24. The van der Waals surface area contributed by atoms with Gasteiger partial charge in [0, 0.05) is 50.5 Å². The lowest BCUT2D eigenvalue weighted by Gasteiger charge is -2.39. The molecule has 2 fully saturated rings. The topological polar surface area (TPSA) is 89.5 Å². The van der Waals surface area contributed by atoms with Gasteiger partial charge in [-0.15, -0.1) is 0 Å². The number of nitrogens with one attached hydrogen (secondary N) is 2. The SMILES string of the molecule is O=C1N(Cc2ccccc2)Cc2cnc(Nc3ccc(N4CCNCC4)cn3)nc2N1C1CCCC1. The van der Waals surface area contributed by atoms with E-state index >= 15 is 0 Å². The smallest absolute Gasteiger partial charge is 0.326 e. The van der Waals surface area contributed by atoms with Crippen molar-refractivity contribution in [2.24, 2.45) is 0 Å². The molecule has 2 aromatic heterocycles. The van der Waals surface area contributed by atoms with Crippen LogP contribution >= 0.6 is 0 Å². The van der Waals surface area contributed by atoms with Gasteiger partial charge in [-0.3, -0.25) is 4.90 Å². The van der Waals surface area contributed by atoms with Crippen LogP contribution < -0.4 is 20.4 Å². The van der Waals surface area contributed by atoms with E-state index in [2.05, 4.69) is 43.7 Å². The van der Waals surface area contributed by atoms with Crippen LogP contribution in [0.4, 0.5) is 28.1 Å². The van der Waals surface area contributed by atoms with Gasteiger partial charge in [0.25, 0.3) is 0 Å². The number of piperazine rings is 1. The average molecular weight is 485 g/mol. The van der Waals surface area contributed by atoms with Crippen LogP contribution in [0, 0.1) is 0 Å². The van der Waals surface area contributed by atoms with Gasteiger partial charge < -0.3 is 20.4 Å². The Bertz CT molecular complexity index is 1190. The van der Waals surface area contributed by atoms with E-state index in [0.29, 0.717) is 24.9 Å². The molecule has 3 aliphatic rings. The largest absolute Gasteiger partial charge is 0.368 e. The number of pyridine rings is 1. The average Bonchev–Trinajstić information content (AvgIpc) is 3.45. The second-order valence-electron chi connectivity index (χ2n) is 9.74. The zero-order valence-electron chi connectivity index (χ0n) is 20.4. The van der Waals surface area contributed by atoms with Crippen LogP contribution in [0.2, 0.25) is 0 Å². The molecule has 0 radical (unpaired) electrons. The van der Waals surface area contributed by atoms with Crippen molar-refractivity contribution >= 4 is 29.3 Å². The second-order valence-corrected chi connectivity index (χ2v) is 9.74. The van der Waals surface area contributed by atoms with Crippen molar-refractivity contribution in [3.63, 3.8) is 0 Å². The highest BCUT2D eigenvalue weighted by Gasteiger charge is 2.37. The lowest BCUT2D eigenvalue weighted by Crippen LogP contribution is -2.51. The third-order valence-electron chi connectivity index (χ3n) is 7.28. The fourth-order valence-electron chi connectivity index (χ4n) is 5.40. The highest BCUT2D eigenvalue weighted by atomic mass is 16.2. The van der Waals surface area contributed by atoms with Crippen LogP contribution in [0.25, 0.3) is 0 Å². The number of anilines is 4. The Hall–Kier alpha value is -3.72. The molecule has 1 saturated carbocycles. The lowest BCUT2D eigenvalue weighted by molar-refractivity contribution is 0.192. The van der Waals surface area contributed by atoms with E-state index in [4.69, 9.17) is 4.98 Å². The van der Waals surface area contributed by atoms with E-state index in [1.165, 1.54) is 0 Å². The van der Waals surface area contributed by atoms with Crippen molar-refractivity contribution in [3.05, 3.63) is 66.0 Å². The molecule has 9 heteroatoms. The number of carbonyl (C=O) groups is 1. The molecule has 2 amide bonds. The third-order valence-corrected chi connectivity index (χ3v) is 7.28. The summed E-state index contributed by atoms with van der Waals surface area (Å²) in [5, 5.41) is 6.62. The predicted molar refractivity (Wildman–Crippen MR) is 140 cm³/mol. The van der Waals surface area contributed by atoms with Crippen LogP contribution in [-0.2, 0) is 13.1 Å². The van der Waals surface area contributed by atoms with Crippen LogP contribution in [0.15, 0.2) is 54.9 Å². The van der Waals surface area contributed by atoms with E-state index in [1.54, 1.807) is 0 Å². The van der Waals surface area contributed by atoms with Gasteiger partial charge in [0.2, 0.25) is 5.95 Å². The maximum Gasteiger partial charge on any atom is 0.326 e. The first kappa shape index (κ1) is 22.7. The molecule has 9 nitrogen and oxygen atoms in total. The van der Waals surface area contributed by atoms with Gasteiger partial charge in [-0.1, -0.05) is 43.2 Å². The molecule has 0 atom stereocenters. The van der Waals surface area contributed by atoms with Gasteiger partial charge in [-0.2, -0.15) is 4.98 Å². The highest BCUT2D eigenvalue weighted by molar-refractivity contribution is 5.94. The summed E-state index contributed by atoms with van der Waals surface area (Å²) in [6, 6.07) is 14.4. The van der Waals surface area contributed by atoms with Crippen LogP contribution in [0.1, 0.15) is 36.8 Å². The molecule has 0 unspecified atom stereocenters. The monoisotopic (exact) mass is 484 g/mol. The minimum atomic E-state index is 0.0291. The summed E-state index contributed by atoms with van der Waals surface area (Å²) in [4.78, 5) is 33.8. The van der Waals surface area contributed by atoms with Gasteiger partial charge in [0.05, 0.1) is 18.4 Å². The van der Waals surface area contributed by atoms with E-state index in [1.807, 2.05) is 46.5 Å². The molecule has 0 spiro atoms. The van der Waals surface area contributed by atoms with Gasteiger partial charge in [0.1, 0.15) is 11.6 Å². The molecular formula is C27H32N8O. The number of fused-ring (bicyclic) bond motifs is 1.